The van der Waals surface area contributed by atoms with Gasteiger partial charge in [-0.3, -0.25) is 4.68 Å². The number of rotatable bonds is 3. The molecule has 1 aromatic heterocycles. The first kappa shape index (κ1) is 10.7. The zero-order valence-electron chi connectivity index (χ0n) is 9.56. The van der Waals surface area contributed by atoms with E-state index in [1.165, 1.54) is 5.56 Å². The quantitative estimate of drug-likeness (QED) is 0.823. The molecule has 1 aliphatic carbocycles. The molecule has 3 unspecified atom stereocenters. The van der Waals surface area contributed by atoms with Crippen LogP contribution in [0.2, 0.25) is 0 Å². The molecule has 0 radical (unpaired) electrons. The first-order chi connectivity index (χ1) is 7.20. The normalized spacial score (nSPS) is 31.0. The summed E-state index contributed by atoms with van der Waals surface area (Å²) in [6.45, 7) is 5.19. The summed E-state index contributed by atoms with van der Waals surface area (Å²) in [6, 6.07) is 0. The fourth-order valence-electron chi connectivity index (χ4n) is 2.50. The van der Waals surface area contributed by atoms with Gasteiger partial charge in [-0.2, -0.15) is 5.10 Å². The average Bonchev–Trinajstić information content (AvgIpc) is 2.80. The summed E-state index contributed by atoms with van der Waals surface area (Å²) < 4.78 is 1.96. The molecule has 1 saturated carbocycles. The Balaban J connectivity index is 1.97. The second kappa shape index (κ2) is 4.35. The Labute approximate surface area is 91.1 Å². The lowest BCUT2D eigenvalue weighted by Gasteiger charge is -2.16. The van der Waals surface area contributed by atoms with E-state index >= 15 is 0 Å². The number of aromatic nitrogens is 2. The maximum absolute atomic E-state index is 9.68. The lowest BCUT2D eigenvalue weighted by molar-refractivity contribution is 0.127. The van der Waals surface area contributed by atoms with Crippen molar-refractivity contribution in [3.8, 4) is 0 Å². The predicted molar refractivity (Wildman–Crippen MR) is 59.5 cm³/mol. The van der Waals surface area contributed by atoms with Gasteiger partial charge in [0.05, 0.1) is 12.3 Å². The lowest BCUT2D eigenvalue weighted by atomic mass is 9.91. The van der Waals surface area contributed by atoms with E-state index in [4.69, 9.17) is 0 Å². The van der Waals surface area contributed by atoms with E-state index in [1.54, 1.807) is 0 Å². The summed E-state index contributed by atoms with van der Waals surface area (Å²) in [5.74, 6) is 1.07. The summed E-state index contributed by atoms with van der Waals surface area (Å²) >= 11 is 0. The summed E-state index contributed by atoms with van der Waals surface area (Å²) in [6.07, 6.45) is 7.18. The van der Waals surface area contributed by atoms with Gasteiger partial charge in [-0.1, -0.05) is 6.92 Å². The summed E-state index contributed by atoms with van der Waals surface area (Å²) in [5, 5.41) is 14.0. The highest BCUT2D eigenvalue weighted by Crippen LogP contribution is 2.33. The highest BCUT2D eigenvalue weighted by atomic mass is 16.3. The molecule has 1 fully saturated rings. The van der Waals surface area contributed by atoms with Gasteiger partial charge >= 0.3 is 0 Å². The highest BCUT2D eigenvalue weighted by molar-refractivity contribution is 5.06. The van der Waals surface area contributed by atoms with E-state index in [1.807, 2.05) is 10.9 Å². The van der Waals surface area contributed by atoms with E-state index in [0.29, 0.717) is 11.8 Å². The molecule has 0 spiro atoms. The van der Waals surface area contributed by atoms with E-state index < -0.39 is 0 Å². The Hall–Kier alpha value is -0.830. The van der Waals surface area contributed by atoms with Gasteiger partial charge in [0.1, 0.15) is 0 Å². The molecule has 3 nitrogen and oxygen atoms in total. The van der Waals surface area contributed by atoms with Crippen molar-refractivity contribution in [2.45, 2.75) is 45.8 Å². The number of aryl methyl sites for hydroxylation is 1. The summed E-state index contributed by atoms with van der Waals surface area (Å²) in [4.78, 5) is 0. The minimum absolute atomic E-state index is 0.0868. The minimum atomic E-state index is -0.0868. The van der Waals surface area contributed by atoms with Crippen LogP contribution in [-0.2, 0) is 13.0 Å². The Morgan fingerprint density at radius 3 is 2.87 bits per heavy atom. The van der Waals surface area contributed by atoms with Crippen LogP contribution in [0.15, 0.2) is 12.4 Å². The van der Waals surface area contributed by atoms with Gasteiger partial charge in [0, 0.05) is 12.7 Å². The Morgan fingerprint density at radius 1 is 1.53 bits per heavy atom. The van der Waals surface area contributed by atoms with Crippen molar-refractivity contribution in [3.63, 3.8) is 0 Å². The second-order valence-electron chi connectivity index (χ2n) is 4.67. The molecule has 15 heavy (non-hydrogen) atoms. The largest absolute Gasteiger partial charge is 0.393 e. The molecule has 3 atom stereocenters. The predicted octanol–water partition coefficient (Wildman–Crippen LogP) is 1.85. The van der Waals surface area contributed by atoms with Gasteiger partial charge in [0.2, 0.25) is 0 Å². The van der Waals surface area contributed by atoms with Crippen molar-refractivity contribution in [3.05, 3.63) is 18.0 Å². The SMILES string of the molecule is CCn1cc(CC2CCC(O)C2C)cn1. The molecule has 0 saturated heterocycles. The van der Waals surface area contributed by atoms with Crippen LogP contribution >= 0.6 is 0 Å². The molecular weight excluding hydrogens is 188 g/mol. The van der Waals surface area contributed by atoms with Gasteiger partial charge in [0.15, 0.2) is 0 Å². The van der Waals surface area contributed by atoms with Crippen molar-refractivity contribution in [2.24, 2.45) is 11.8 Å². The van der Waals surface area contributed by atoms with E-state index in [9.17, 15) is 5.11 Å². The van der Waals surface area contributed by atoms with Crippen LogP contribution < -0.4 is 0 Å². The third kappa shape index (κ3) is 2.23. The molecule has 3 heteroatoms. The van der Waals surface area contributed by atoms with E-state index in [0.717, 1.165) is 25.8 Å². The third-order valence-corrected chi connectivity index (χ3v) is 3.69. The van der Waals surface area contributed by atoms with Crippen LogP contribution in [0.25, 0.3) is 0 Å². The highest BCUT2D eigenvalue weighted by Gasteiger charge is 2.31. The number of aliphatic hydroxyl groups is 1. The molecule has 0 bridgehead atoms. The maximum atomic E-state index is 9.68. The summed E-state index contributed by atoms with van der Waals surface area (Å²) in [7, 11) is 0. The fraction of sp³-hybridized carbons (Fsp3) is 0.750. The Bertz CT molecular complexity index is 321. The number of nitrogens with zero attached hydrogens (tertiary/aromatic N) is 2. The Morgan fingerprint density at radius 2 is 2.33 bits per heavy atom. The van der Waals surface area contributed by atoms with Crippen molar-refractivity contribution >= 4 is 0 Å². The van der Waals surface area contributed by atoms with Crippen LogP contribution in [0.1, 0.15) is 32.3 Å². The molecule has 2 rings (SSSR count). The molecule has 0 aromatic carbocycles. The summed E-state index contributed by atoms with van der Waals surface area (Å²) in [5.41, 5.74) is 1.31. The van der Waals surface area contributed by atoms with Gasteiger partial charge in [-0.15, -0.1) is 0 Å². The van der Waals surface area contributed by atoms with Crippen LogP contribution in [-0.4, -0.2) is 21.0 Å². The minimum Gasteiger partial charge on any atom is -0.393 e. The molecule has 1 N–H and O–H groups in total. The first-order valence-electron chi connectivity index (χ1n) is 5.90. The molecule has 1 heterocycles. The van der Waals surface area contributed by atoms with Crippen molar-refractivity contribution in [1.29, 1.82) is 0 Å². The fourth-order valence-corrected chi connectivity index (χ4v) is 2.50. The van der Waals surface area contributed by atoms with Crippen molar-refractivity contribution < 1.29 is 5.11 Å². The van der Waals surface area contributed by atoms with Crippen molar-refractivity contribution in [1.82, 2.24) is 9.78 Å². The number of hydrogen-bond donors (Lipinski definition) is 1. The first-order valence-corrected chi connectivity index (χ1v) is 5.90. The standard InChI is InChI=1S/C12H20N2O/c1-3-14-8-10(7-13-14)6-11-4-5-12(15)9(11)2/h7-9,11-12,15H,3-6H2,1-2H3. The van der Waals surface area contributed by atoms with Gasteiger partial charge < -0.3 is 5.11 Å². The average molecular weight is 208 g/mol. The van der Waals surface area contributed by atoms with E-state index in [-0.39, 0.29) is 6.10 Å². The van der Waals surface area contributed by atoms with Crippen LogP contribution in [0, 0.1) is 11.8 Å². The molecule has 1 aromatic rings. The smallest absolute Gasteiger partial charge is 0.0568 e. The lowest BCUT2D eigenvalue weighted by Crippen LogP contribution is -2.16. The van der Waals surface area contributed by atoms with Crippen LogP contribution in [0.5, 0.6) is 0 Å². The topological polar surface area (TPSA) is 38.0 Å². The van der Waals surface area contributed by atoms with Gasteiger partial charge in [-0.05, 0) is 43.6 Å². The van der Waals surface area contributed by atoms with Gasteiger partial charge in [0.25, 0.3) is 0 Å². The van der Waals surface area contributed by atoms with Crippen LogP contribution in [0.3, 0.4) is 0 Å². The molecule has 1 aliphatic rings. The third-order valence-electron chi connectivity index (χ3n) is 3.69. The molecule has 0 aliphatic heterocycles. The monoisotopic (exact) mass is 208 g/mol. The maximum Gasteiger partial charge on any atom is 0.0568 e. The van der Waals surface area contributed by atoms with Crippen molar-refractivity contribution in [2.75, 3.05) is 0 Å². The zero-order chi connectivity index (χ0) is 10.8. The number of hydrogen-bond acceptors (Lipinski definition) is 2. The van der Waals surface area contributed by atoms with E-state index in [2.05, 4.69) is 25.1 Å². The number of aliphatic hydroxyl groups excluding tert-OH is 1. The Kier molecular flexibility index (Phi) is 3.10. The molecule has 84 valence electrons. The molecule has 0 amide bonds. The van der Waals surface area contributed by atoms with Crippen LogP contribution in [0.4, 0.5) is 0 Å². The zero-order valence-corrected chi connectivity index (χ0v) is 9.56. The second-order valence-corrected chi connectivity index (χ2v) is 4.67. The van der Waals surface area contributed by atoms with Gasteiger partial charge in [-0.25, -0.2) is 0 Å². The molecular formula is C12H20N2O.